The first-order chi connectivity index (χ1) is 10.5. The number of hydrogen-bond acceptors (Lipinski definition) is 4. The van der Waals surface area contributed by atoms with Gasteiger partial charge < -0.3 is 10.2 Å². The van der Waals surface area contributed by atoms with Crippen LogP contribution in [0, 0.1) is 23.0 Å². The Morgan fingerprint density at radius 1 is 1.39 bits per heavy atom. The molecule has 1 aliphatic rings. The Balaban J connectivity index is 0.00000264. The smallest absolute Gasteiger partial charge is 0.282 e. The molecule has 0 radical (unpaired) electrons. The molecule has 1 aromatic rings. The number of piperidine rings is 1. The summed E-state index contributed by atoms with van der Waals surface area (Å²) in [6, 6.07) is 4.70. The molecule has 6 nitrogen and oxygen atoms in total. The Morgan fingerprint density at radius 2 is 2.04 bits per heavy atom. The lowest BCUT2D eigenvalue weighted by Crippen LogP contribution is -2.39. The lowest BCUT2D eigenvalue weighted by atomic mass is 9.93. The van der Waals surface area contributed by atoms with Gasteiger partial charge in [-0.05, 0) is 57.3 Å². The molecule has 1 N–H and O–H groups in total. The number of nitrogens with one attached hydrogen (secondary N) is 1. The molecule has 0 unspecified atom stereocenters. The molecule has 1 fully saturated rings. The summed E-state index contributed by atoms with van der Waals surface area (Å²) in [4.78, 5) is 25.0. The van der Waals surface area contributed by atoms with E-state index in [2.05, 4.69) is 5.32 Å². The number of benzene rings is 1. The van der Waals surface area contributed by atoms with E-state index >= 15 is 0 Å². The summed E-state index contributed by atoms with van der Waals surface area (Å²) in [7, 11) is 1.94. The average molecular weight is 342 g/mol. The van der Waals surface area contributed by atoms with Crippen molar-refractivity contribution in [2.45, 2.75) is 26.2 Å². The summed E-state index contributed by atoms with van der Waals surface area (Å²) in [5.74, 6) is 0.409. The van der Waals surface area contributed by atoms with Crippen molar-refractivity contribution in [3.05, 3.63) is 39.4 Å². The van der Waals surface area contributed by atoms with Gasteiger partial charge in [0.25, 0.3) is 11.6 Å². The molecule has 0 spiro atoms. The molecule has 0 aliphatic carbocycles. The maximum Gasteiger partial charge on any atom is 0.282 e. The normalized spacial score (nSPS) is 15.1. The quantitative estimate of drug-likeness (QED) is 0.660. The summed E-state index contributed by atoms with van der Waals surface area (Å²) in [6.07, 6.45) is 3.04. The lowest BCUT2D eigenvalue weighted by Gasteiger charge is -2.32. The first-order valence-electron chi connectivity index (χ1n) is 7.72. The largest absolute Gasteiger partial charge is 0.338 e. The van der Waals surface area contributed by atoms with Crippen LogP contribution >= 0.6 is 12.4 Å². The predicted molar refractivity (Wildman–Crippen MR) is 92.3 cm³/mol. The van der Waals surface area contributed by atoms with Crippen molar-refractivity contribution in [2.24, 2.45) is 5.92 Å². The number of nitro benzene ring substituents is 1. The first-order valence-corrected chi connectivity index (χ1v) is 7.72. The number of nitro groups is 1. The van der Waals surface area contributed by atoms with E-state index < -0.39 is 4.92 Å². The number of carbonyl (C=O) groups is 1. The number of carbonyl (C=O) groups excluding carboxylic acids is 1. The van der Waals surface area contributed by atoms with E-state index in [1.807, 2.05) is 14.0 Å². The minimum Gasteiger partial charge on any atom is -0.338 e. The average Bonchev–Trinajstić information content (AvgIpc) is 2.52. The SMILES string of the molecule is CNCCC1CCN(C(=O)c2cc(C)ccc2[N+](=O)[O-])CC1.Cl. The molecule has 1 heterocycles. The molecule has 1 aliphatic heterocycles. The van der Waals surface area contributed by atoms with E-state index in [4.69, 9.17) is 0 Å². The fourth-order valence-corrected chi connectivity index (χ4v) is 2.92. The minimum atomic E-state index is -0.480. The third-order valence-corrected chi connectivity index (χ3v) is 4.28. The van der Waals surface area contributed by atoms with Crippen LogP contribution in [-0.2, 0) is 0 Å². The number of amides is 1. The zero-order chi connectivity index (χ0) is 16.1. The van der Waals surface area contributed by atoms with E-state index in [1.165, 1.54) is 6.07 Å². The molecule has 128 valence electrons. The monoisotopic (exact) mass is 341 g/mol. The highest BCUT2D eigenvalue weighted by atomic mass is 35.5. The minimum absolute atomic E-state index is 0. The third-order valence-electron chi connectivity index (χ3n) is 4.28. The second-order valence-electron chi connectivity index (χ2n) is 5.91. The summed E-state index contributed by atoms with van der Waals surface area (Å²) < 4.78 is 0. The van der Waals surface area contributed by atoms with Gasteiger partial charge in [0.1, 0.15) is 5.56 Å². The molecule has 1 amide bonds. The van der Waals surface area contributed by atoms with E-state index in [-0.39, 0.29) is 29.6 Å². The van der Waals surface area contributed by atoms with Gasteiger partial charge in [0, 0.05) is 19.2 Å². The van der Waals surface area contributed by atoms with E-state index in [0.717, 1.165) is 31.4 Å². The molecular weight excluding hydrogens is 318 g/mol. The van der Waals surface area contributed by atoms with E-state index in [1.54, 1.807) is 17.0 Å². The van der Waals surface area contributed by atoms with Crippen LogP contribution in [0.4, 0.5) is 5.69 Å². The molecule has 1 aromatic carbocycles. The summed E-state index contributed by atoms with van der Waals surface area (Å²) in [6.45, 7) is 4.18. The Morgan fingerprint density at radius 3 is 2.61 bits per heavy atom. The molecule has 0 aromatic heterocycles. The summed E-state index contributed by atoms with van der Waals surface area (Å²) in [5, 5.41) is 14.3. The van der Waals surface area contributed by atoms with Gasteiger partial charge in [-0.2, -0.15) is 0 Å². The maximum absolute atomic E-state index is 12.6. The van der Waals surface area contributed by atoms with Gasteiger partial charge in [0.2, 0.25) is 0 Å². The lowest BCUT2D eigenvalue weighted by molar-refractivity contribution is -0.385. The summed E-state index contributed by atoms with van der Waals surface area (Å²) >= 11 is 0. The van der Waals surface area contributed by atoms with Crippen molar-refractivity contribution in [1.82, 2.24) is 10.2 Å². The van der Waals surface area contributed by atoms with Gasteiger partial charge in [-0.1, -0.05) is 6.07 Å². The van der Waals surface area contributed by atoms with Crippen LogP contribution in [0.25, 0.3) is 0 Å². The summed E-state index contributed by atoms with van der Waals surface area (Å²) in [5.41, 5.74) is 0.962. The van der Waals surface area contributed by atoms with Gasteiger partial charge in [-0.15, -0.1) is 12.4 Å². The van der Waals surface area contributed by atoms with E-state index in [0.29, 0.717) is 19.0 Å². The van der Waals surface area contributed by atoms with Crippen LogP contribution in [0.2, 0.25) is 0 Å². The zero-order valence-electron chi connectivity index (χ0n) is 13.6. The van der Waals surface area contributed by atoms with E-state index in [9.17, 15) is 14.9 Å². The Hall–Kier alpha value is -1.66. The number of rotatable bonds is 5. The van der Waals surface area contributed by atoms with Gasteiger partial charge in [-0.25, -0.2) is 0 Å². The van der Waals surface area contributed by atoms with Gasteiger partial charge in [0.15, 0.2) is 0 Å². The second kappa shape index (κ2) is 8.84. The molecular formula is C16H24ClN3O3. The fourth-order valence-electron chi connectivity index (χ4n) is 2.92. The van der Waals surface area contributed by atoms with Crippen molar-refractivity contribution in [3.63, 3.8) is 0 Å². The highest BCUT2D eigenvalue weighted by Crippen LogP contribution is 2.25. The highest BCUT2D eigenvalue weighted by Gasteiger charge is 2.28. The Bertz CT molecular complexity index is 558. The molecule has 7 heteroatoms. The van der Waals surface area contributed by atoms with Crippen LogP contribution in [0.5, 0.6) is 0 Å². The zero-order valence-corrected chi connectivity index (χ0v) is 14.4. The predicted octanol–water partition coefficient (Wildman–Crippen LogP) is 2.79. The van der Waals surface area contributed by atoms with Crippen LogP contribution in [0.15, 0.2) is 18.2 Å². The number of hydrogen-bond donors (Lipinski definition) is 1. The van der Waals surface area contributed by atoms with Gasteiger partial charge >= 0.3 is 0 Å². The third kappa shape index (κ3) is 4.91. The highest BCUT2D eigenvalue weighted by molar-refractivity contribution is 5.98. The number of halogens is 1. The fraction of sp³-hybridized carbons (Fsp3) is 0.562. The number of aryl methyl sites for hydroxylation is 1. The Labute approximate surface area is 142 Å². The van der Waals surface area contributed by atoms with Crippen molar-refractivity contribution < 1.29 is 9.72 Å². The molecule has 0 saturated carbocycles. The molecule has 1 saturated heterocycles. The molecule has 0 atom stereocenters. The van der Waals surface area contributed by atoms with Crippen molar-refractivity contribution in [2.75, 3.05) is 26.7 Å². The van der Waals surface area contributed by atoms with Crippen LogP contribution < -0.4 is 5.32 Å². The van der Waals surface area contributed by atoms with Gasteiger partial charge in [-0.3, -0.25) is 14.9 Å². The van der Waals surface area contributed by atoms with Crippen LogP contribution in [0.3, 0.4) is 0 Å². The van der Waals surface area contributed by atoms with Crippen molar-refractivity contribution >= 4 is 24.0 Å². The van der Waals surface area contributed by atoms with Crippen LogP contribution in [0.1, 0.15) is 35.2 Å². The van der Waals surface area contributed by atoms with Crippen molar-refractivity contribution in [3.8, 4) is 0 Å². The number of nitrogens with zero attached hydrogens (tertiary/aromatic N) is 2. The standard InChI is InChI=1S/C16H23N3O3.ClH/c1-12-3-4-15(19(21)22)14(11-12)16(20)18-9-6-13(7-10-18)5-8-17-2;/h3-4,11,13,17H,5-10H2,1-2H3;1H. The maximum atomic E-state index is 12.6. The Kier molecular flexibility index (Phi) is 7.45. The van der Waals surface area contributed by atoms with Crippen molar-refractivity contribution in [1.29, 1.82) is 0 Å². The number of likely N-dealkylation sites (tertiary alicyclic amines) is 1. The molecule has 2 rings (SSSR count). The first kappa shape index (κ1) is 19.4. The molecule has 0 bridgehead atoms. The van der Waals surface area contributed by atoms with Crippen LogP contribution in [-0.4, -0.2) is 42.4 Å². The van der Waals surface area contributed by atoms with Gasteiger partial charge in [0.05, 0.1) is 4.92 Å². The molecule has 23 heavy (non-hydrogen) atoms. The second-order valence-corrected chi connectivity index (χ2v) is 5.91. The topological polar surface area (TPSA) is 75.5 Å².